The van der Waals surface area contributed by atoms with Gasteiger partial charge in [0.2, 0.25) is 0 Å². The van der Waals surface area contributed by atoms with Crippen LogP contribution in [0.4, 0.5) is 10.1 Å². The van der Waals surface area contributed by atoms with Gasteiger partial charge in [0, 0.05) is 16.2 Å². The van der Waals surface area contributed by atoms with Crippen LogP contribution in [0.15, 0.2) is 40.9 Å². The molecular formula is C13H10BrFN2O2. The molecule has 2 rings (SSSR count). The van der Waals surface area contributed by atoms with E-state index in [1.54, 1.807) is 6.07 Å². The molecule has 2 aromatic carbocycles. The first kappa shape index (κ1) is 13.4. The molecule has 0 bridgehead atoms. The van der Waals surface area contributed by atoms with Crippen LogP contribution in [-0.2, 0) is 0 Å². The average molecular weight is 325 g/mol. The molecule has 0 aliphatic carbocycles. The second-order valence-electron chi connectivity index (χ2n) is 3.80. The molecule has 0 fully saturated rings. The predicted molar refractivity (Wildman–Crippen MR) is 73.5 cm³/mol. The molecule has 6 heteroatoms. The molecular weight excluding hydrogens is 315 g/mol. The smallest absolute Gasteiger partial charge is 0.252 e. The number of benzene rings is 2. The number of nitrogen functional groups attached to an aromatic ring is 1. The van der Waals surface area contributed by atoms with E-state index in [2.05, 4.69) is 15.9 Å². The van der Waals surface area contributed by atoms with Gasteiger partial charge in [0.05, 0.1) is 5.56 Å². The second-order valence-corrected chi connectivity index (χ2v) is 4.71. The van der Waals surface area contributed by atoms with E-state index in [1.807, 2.05) is 0 Å². The van der Waals surface area contributed by atoms with Gasteiger partial charge in [-0.05, 0) is 30.3 Å². The van der Waals surface area contributed by atoms with Crippen molar-refractivity contribution in [3.63, 3.8) is 0 Å². The number of ether oxygens (including phenoxy) is 1. The van der Waals surface area contributed by atoms with Crippen LogP contribution in [0.25, 0.3) is 0 Å². The largest absolute Gasteiger partial charge is 0.453 e. The summed E-state index contributed by atoms with van der Waals surface area (Å²) >= 11 is 3.14. The molecule has 4 nitrogen and oxygen atoms in total. The molecule has 0 aliphatic rings. The first-order chi connectivity index (χ1) is 8.97. The highest BCUT2D eigenvalue weighted by Gasteiger charge is 2.13. The number of rotatable bonds is 3. The van der Waals surface area contributed by atoms with E-state index in [9.17, 15) is 9.18 Å². The molecule has 0 heterocycles. The van der Waals surface area contributed by atoms with E-state index in [4.69, 9.17) is 16.2 Å². The zero-order chi connectivity index (χ0) is 14.0. The molecule has 0 aliphatic heterocycles. The second kappa shape index (κ2) is 5.27. The molecule has 98 valence electrons. The lowest BCUT2D eigenvalue weighted by Crippen LogP contribution is -2.12. The normalized spacial score (nSPS) is 10.2. The van der Waals surface area contributed by atoms with Gasteiger partial charge in [0.25, 0.3) is 5.91 Å². The number of carbonyl (C=O) groups is 1. The first-order valence-electron chi connectivity index (χ1n) is 5.29. The Labute approximate surface area is 117 Å². The van der Waals surface area contributed by atoms with Crippen LogP contribution in [0.1, 0.15) is 10.4 Å². The number of hydrogen-bond donors (Lipinski definition) is 2. The Bertz CT molecular complexity index is 647. The number of nitrogens with two attached hydrogens (primary N) is 2. The van der Waals surface area contributed by atoms with Gasteiger partial charge in [-0.3, -0.25) is 4.79 Å². The van der Waals surface area contributed by atoms with Crippen LogP contribution >= 0.6 is 15.9 Å². The van der Waals surface area contributed by atoms with E-state index >= 15 is 0 Å². The van der Waals surface area contributed by atoms with Crippen LogP contribution in [0.5, 0.6) is 11.5 Å². The lowest BCUT2D eigenvalue weighted by molar-refractivity contribution is 0.0998. The Kier molecular flexibility index (Phi) is 3.71. The third-order valence-corrected chi connectivity index (χ3v) is 2.88. The fraction of sp³-hybridized carbons (Fsp3) is 0. The van der Waals surface area contributed by atoms with Crippen molar-refractivity contribution in [1.29, 1.82) is 0 Å². The van der Waals surface area contributed by atoms with Crippen molar-refractivity contribution in [3.8, 4) is 11.5 Å². The van der Waals surface area contributed by atoms with Crippen molar-refractivity contribution in [3.05, 3.63) is 52.3 Å². The van der Waals surface area contributed by atoms with Gasteiger partial charge in [-0.15, -0.1) is 0 Å². The topological polar surface area (TPSA) is 78.3 Å². The standard InChI is InChI=1S/C13H10BrFN2O2/c14-7-1-4-11(10(15)5-7)19-12-6-8(16)2-3-9(12)13(17)18/h1-6H,16H2,(H2,17,18). The molecule has 0 spiro atoms. The summed E-state index contributed by atoms with van der Waals surface area (Å²) in [6, 6.07) is 8.68. The number of primary amides is 1. The Hall–Kier alpha value is -2.08. The number of amides is 1. The highest BCUT2D eigenvalue weighted by atomic mass is 79.9. The molecule has 0 atom stereocenters. The van der Waals surface area contributed by atoms with Crippen LogP contribution in [0, 0.1) is 5.82 Å². The number of carbonyl (C=O) groups excluding carboxylic acids is 1. The van der Waals surface area contributed by atoms with E-state index in [0.29, 0.717) is 10.2 Å². The monoisotopic (exact) mass is 324 g/mol. The quantitative estimate of drug-likeness (QED) is 0.851. The SMILES string of the molecule is NC(=O)c1ccc(N)cc1Oc1ccc(Br)cc1F. The summed E-state index contributed by atoms with van der Waals surface area (Å²) in [7, 11) is 0. The van der Waals surface area contributed by atoms with Crippen molar-refractivity contribution in [2.24, 2.45) is 5.73 Å². The van der Waals surface area contributed by atoms with Crippen molar-refractivity contribution in [2.75, 3.05) is 5.73 Å². The summed E-state index contributed by atoms with van der Waals surface area (Å²) in [5, 5.41) is 0. The Balaban J connectivity index is 2.42. The maximum Gasteiger partial charge on any atom is 0.252 e. The summed E-state index contributed by atoms with van der Waals surface area (Å²) in [4.78, 5) is 11.3. The van der Waals surface area contributed by atoms with E-state index in [-0.39, 0.29) is 17.1 Å². The maximum absolute atomic E-state index is 13.7. The van der Waals surface area contributed by atoms with Gasteiger partial charge >= 0.3 is 0 Å². The van der Waals surface area contributed by atoms with Crippen LogP contribution in [0.2, 0.25) is 0 Å². The third kappa shape index (κ3) is 3.03. The fourth-order valence-electron chi connectivity index (χ4n) is 1.50. The summed E-state index contributed by atoms with van der Waals surface area (Å²) in [5.41, 5.74) is 11.4. The van der Waals surface area contributed by atoms with Crippen molar-refractivity contribution < 1.29 is 13.9 Å². The molecule has 0 saturated heterocycles. The Morgan fingerprint density at radius 1 is 1.16 bits per heavy atom. The molecule has 0 aromatic heterocycles. The predicted octanol–water partition coefficient (Wildman–Crippen LogP) is 3.06. The van der Waals surface area contributed by atoms with Crippen molar-refractivity contribution in [1.82, 2.24) is 0 Å². The Morgan fingerprint density at radius 3 is 2.53 bits per heavy atom. The van der Waals surface area contributed by atoms with E-state index in [0.717, 1.165) is 0 Å². The molecule has 0 unspecified atom stereocenters. The lowest BCUT2D eigenvalue weighted by atomic mass is 10.1. The minimum absolute atomic E-state index is 0.0173. The molecule has 4 N–H and O–H groups in total. The van der Waals surface area contributed by atoms with Crippen LogP contribution in [-0.4, -0.2) is 5.91 Å². The molecule has 0 saturated carbocycles. The minimum atomic E-state index is -0.674. The Morgan fingerprint density at radius 2 is 1.89 bits per heavy atom. The molecule has 2 aromatic rings. The molecule has 19 heavy (non-hydrogen) atoms. The summed E-state index contributed by atoms with van der Waals surface area (Å²) in [6.45, 7) is 0. The van der Waals surface area contributed by atoms with Gasteiger partial charge in [-0.2, -0.15) is 0 Å². The number of halogens is 2. The lowest BCUT2D eigenvalue weighted by Gasteiger charge is -2.10. The summed E-state index contributed by atoms with van der Waals surface area (Å²) < 4.78 is 19.6. The first-order valence-corrected chi connectivity index (χ1v) is 6.09. The van der Waals surface area contributed by atoms with Crippen molar-refractivity contribution >= 4 is 27.5 Å². The zero-order valence-corrected chi connectivity index (χ0v) is 11.3. The van der Waals surface area contributed by atoms with Gasteiger partial charge < -0.3 is 16.2 Å². The van der Waals surface area contributed by atoms with Gasteiger partial charge in [0.1, 0.15) is 5.75 Å². The fourth-order valence-corrected chi connectivity index (χ4v) is 1.84. The van der Waals surface area contributed by atoms with E-state index < -0.39 is 11.7 Å². The molecule has 0 radical (unpaired) electrons. The minimum Gasteiger partial charge on any atom is -0.453 e. The average Bonchev–Trinajstić information content (AvgIpc) is 2.32. The van der Waals surface area contributed by atoms with Crippen LogP contribution < -0.4 is 16.2 Å². The summed E-state index contributed by atoms with van der Waals surface area (Å²) in [6.07, 6.45) is 0. The third-order valence-electron chi connectivity index (χ3n) is 2.38. The van der Waals surface area contributed by atoms with Gasteiger partial charge in [-0.25, -0.2) is 4.39 Å². The van der Waals surface area contributed by atoms with Crippen molar-refractivity contribution in [2.45, 2.75) is 0 Å². The van der Waals surface area contributed by atoms with Gasteiger partial charge in [0.15, 0.2) is 11.6 Å². The number of anilines is 1. The number of hydrogen-bond acceptors (Lipinski definition) is 3. The highest BCUT2D eigenvalue weighted by molar-refractivity contribution is 9.10. The maximum atomic E-state index is 13.7. The van der Waals surface area contributed by atoms with Gasteiger partial charge in [-0.1, -0.05) is 15.9 Å². The zero-order valence-electron chi connectivity index (χ0n) is 9.69. The molecule has 1 amide bonds. The summed E-state index contributed by atoms with van der Waals surface area (Å²) in [5.74, 6) is -1.13. The van der Waals surface area contributed by atoms with Crippen LogP contribution in [0.3, 0.4) is 0 Å². The van der Waals surface area contributed by atoms with E-state index in [1.165, 1.54) is 30.3 Å². The highest BCUT2D eigenvalue weighted by Crippen LogP contribution is 2.30.